The van der Waals surface area contributed by atoms with E-state index < -0.39 is 0 Å². The van der Waals surface area contributed by atoms with Gasteiger partial charge in [-0.2, -0.15) is 0 Å². The average Bonchev–Trinajstić information content (AvgIpc) is 3.09. The van der Waals surface area contributed by atoms with Crippen LogP contribution in [0.3, 0.4) is 0 Å². The number of benzene rings is 2. The van der Waals surface area contributed by atoms with E-state index in [-0.39, 0.29) is 5.91 Å². The Balaban J connectivity index is 1.51. The van der Waals surface area contributed by atoms with Crippen LogP contribution < -0.4 is 10.1 Å². The number of carbonyl (C=O) groups excluding carboxylic acids is 1. The Kier molecular flexibility index (Phi) is 5.01. The maximum absolute atomic E-state index is 12.0. The molecule has 0 atom stereocenters. The van der Waals surface area contributed by atoms with E-state index in [1.165, 1.54) is 16.9 Å². The van der Waals surface area contributed by atoms with E-state index in [2.05, 4.69) is 22.4 Å². The molecule has 2 aromatic carbocycles. The van der Waals surface area contributed by atoms with Crippen molar-refractivity contribution in [2.75, 3.05) is 11.9 Å². The molecule has 0 unspecified atom stereocenters. The maximum atomic E-state index is 12.0. The van der Waals surface area contributed by atoms with E-state index in [1.807, 2.05) is 35.7 Å². The second-order valence-electron chi connectivity index (χ2n) is 4.90. The third kappa shape index (κ3) is 4.40. The zero-order valence-corrected chi connectivity index (χ0v) is 13.3. The quantitative estimate of drug-likeness (QED) is 0.745. The summed E-state index contributed by atoms with van der Waals surface area (Å²) in [6.07, 6.45) is 2.51. The number of hydrogen-bond acceptors (Lipinski definition) is 4. The molecule has 0 aliphatic heterocycles. The maximum Gasteiger partial charge on any atom is 0.257 e. The number of ether oxygens (including phenoxy) is 1. The molecule has 3 rings (SSSR count). The number of thiazole rings is 1. The highest BCUT2D eigenvalue weighted by Crippen LogP contribution is 2.16. The van der Waals surface area contributed by atoms with Crippen molar-refractivity contribution in [3.05, 3.63) is 77.3 Å². The summed E-state index contributed by atoms with van der Waals surface area (Å²) in [5, 5.41) is 5.16. The van der Waals surface area contributed by atoms with Gasteiger partial charge in [0.15, 0.2) is 5.13 Å². The molecule has 1 N–H and O–H groups in total. The number of nitrogens with zero attached hydrogens (tertiary/aromatic N) is 1. The Bertz CT molecular complexity index is 740. The number of nitrogens with one attached hydrogen (secondary N) is 1. The highest BCUT2D eigenvalue weighted by molar-refractivity contribution is 7.13. The van der Waals surface area contributed by atoms with Crippen molar-refractivity contribution in [3.8, 4) is 5.75 Å². The molecule has 116 valence electrons. The second-order valence-corrected chi connectivity index (χ2v) is 5.79. The Morgan fingerprint density at radius 2 is 1.87 bits per heavy atom. The first-order valence-electron chi connectivity index (χ1n) is 7.29. The largest absolute Gasteiger partial charge is 0.493 e. The predicted molar refractivity (Wildman–Crippen MR) is 92.2 cm³/mol. The molecule has 0 aliphatic rings. The normalized spacial score (nSPS) is 10.3. The van der Waals surface area contributed by atoms with Crippen LogP contribution in [-0.2, 0) is 6.42 Å². The fraction of sp³-hybridized carbons (Fsp3) is 0.111. The van der Waals surface area contributed by atoms with E-state index >= 15 is 0 Å². The van der Waals surface area contributed by atoms with Crippen LogP contribution in [0.1, 0.15) is 15.9 Å². The van der Waals surface area contributed by atoms with Crippen molar-refractivity contribution in [2.45, 2.75) is 6.42 Å². The molecule has 0 spiro atoms. The zero-order chi connectivity index (χ0) is 15.9. The van der Waals surface area contributed by atoms with E-state index in [0.29, 0.717) is 17.3 Å². The van der Waals surface area contributed by atoms with Crippen LogP contribution in [0.4, 0.5) is 5.13 Å². The van der Waals surface area contributed by atoms with Crippen molar-refractivity contribution in [2.24, 2.45) is 0 Å². The van der Waals surface area contributed by atoms with Crippen LogP contribution in [0.2, 0.25) is 0 Å². The summed E-state index contributed by atoms with van der Waals surface area (Å²) in [6.45, 7) is 0.606. The molecule has 1 aromatic heterocycles. The van der Waals surface area contributed by atoms with E-state index in [9.17, 15) is 4.79 Å². The molecule has 0 bridgehead atoms. The fourth-order valence-electron chi connectivity index (χ4n) is 2.09. The highest BCUT2D eigenvalue weighted by Gasteiger charge is 2.07. The molecule has 0 fully saturated rings. The number of anilines is 1. The van der Waals surface area contributed by atoms with Crippen molar-refractivity contribution >= 4 is 22.4 Å². The van der Waals surface area contributed by atoms with Crippen LogP contribution in [0.5, 0.6) is 5.75 Å². The van der Waals surface area contributed by atoms with Gasteiger partial charge in [0.2, 0.25) is 0 Å². The van der Waals surface area contributed by atoms with E-state index in [4.69, 9.17) is 4.74 Å². The molecule has 1 heterocycles. The van der Waals surface area contributed by atoms with Gasteiger partial charge in [-0.05, 0) is 29.8 Å². The van der Waals surface area contributed by atoms with Crippen LogP contribution in [0, 0.1) is 0 Å². The summed E-state index contributed by atoms with van der Waals surface area (Å²) in [6, 6.07) is 17.3. The lowest BCUT2D eigenvalue weighted by molar-refractivity contribution is 0.102. The monoisotopic (exact) mass is 324 g/mol. The van der Waals surface area contributed by atoms with Gasteiger partial charge in [-0.25, -0.2) is 4.98 Å². The molecular formula is C18H16N2O2S. The molecule has 0 saturated heterocycles. The van der Waals surface area contributed by atoms with Crippen LogP contribution in [-0.4, -0.2) is 17.5 Å². The smallest absolute Gasteiger partial charge is 0.257 e. The van der Waals surface area contributed by atoms with Crippen LogP contribution in [0.15, 0.2) is 66.2 Å². The van der Waals surface area contributed by atoms with Gasteiger partial charge in [0.1, 0.15) is 5.75 Å². The third-order valence-corrected chi connectivity index (χ3v) is 3.96. The standard InChI is InChI=1S/C18H16N2O2S/c21-17(20-18-19-11-13-23-18)15-6-8-16(9-7-15)22-12-10-14-4-2-1-3-5-14/h1-9,11,13H,10,12H2,(H,19,20,21). The number of aromatic nitrogens is 1. The molecule has 1 amide bonds. The molecule has 0 radical (unpaired) electrons. The molecule has 4 nitrogen and oxygen atoms in total. The number of hydrogen-bond donors (Lipinski definition) is 1. The minimum atomic E-state index is -0.171. The fourth-order valence-corrected chi connectivity index (χ4v) is 2.61. The Hall–Kier alpha value is -2.66. The first-order valence-corrected chi connectivity index (χ1v) is 8.17. The third-order valence-electron chi connectivity index (χ3n) is 3.27. The molecule has 0 aliphatic carbocycles. The summed E-state index contributed by atoms with van der Waals surface area (Å²) in [5.74, 6) is 0.586. The molecule has 23 heavy (non-hydrogen) atoms. The van der Waals surface area contributed by atoms with Crippen molar-refractivity contribution in [1.29, 1.82) is 0 Å². The molecule has 0 saturated carbocycles. The van der Waals surface area contributed by atoms with Crippen LogP contribution in [0.25, 0.3) is 0 Å². The topological polar surface area (TPSA) is 51.2 Å². The van der Waals surface area contributed by atoms with Gasteiger partial charge in [-0.1, -0.05) is 30.3 Å². The minimum absolute atomic E-state index is 0.171. The zero-order valence-electron chi connectivity index (χ0n) is 12.4. The number of amides is 1. The van der Waals surface area contributed by atoms with Gasteiger partial charge in [0.05, 0.1) is 6.61 Å². The summed E-state index contributed by atoms with van der Waals surface area (Å²) in [7, 11) is 0. The second kappa shape index (κ2) is 7.56. The van der Waals surface area contributed by atoms with Crippen molar-refractivity contribution in [1.82, 2.24) is 4.98 Å². The summed E-state index contributed by atoms with van der Waals surface area (Å²) >= 11 is 1.39. The van der Waals surface area contributed by atoms with Gasteiger partial charge in [-0.15, -0.1) is 11.3 Å². The molecule has 5 heteroatoms. The van der Waals surface area contributed by atoms with Crippen molar-refractivity contribution < 1.29 is 9.53 Å². The number of carbonyl (C=O) groups is 1. The van der Waals surface area contributed by atoms with Gasteiger partial charge < -0.3 is 4.74 Å². The lowest BCUT2D eigenvalue weighted by atomic mass is 10.2. The molecule has 3 aromatic rings. The molecular weight excluding hydrogens is 308 g/mol. The van der Waals surface area contributed by atoms with E-state index in [0.717, 1.165) is 12.2 Å². The summed E-state index contributed by atoms with van der Waals surface area (Å²) in [5.41, 5.74) is 1.82. The summed E-state index contributed by atoms with van der Waals surface area (Å²) < 4.78 is 5.71. The first-order chi connectivity index (χ1) is 11.3. The van der Waals surface area contributed by atoms with E-state index in [1.54, 1.807) is 18.3 Å². The Morgan fingerprint density at radius 3 is 2.57 bits per heavy atom. The van der Waals surface area contributed by atoms with Gasteiger partial charge >= 0.3 is 0 Å². The van der Waals surface area contributed by atoms with Gasteiger partial charge in [0, 0.05) is 23.6 Å². The lowest BCUT2D eigenvalue weighted by Gasteiger charge is -2.07. The number of rotatable bonds is 6. The Labute approximate surface area is 138 Å². The first kappa shape index (κ1) is 15.2. The SMILES string of the molecule is O=C(Nc1nccs1)c1ccc(OCCc2ccccc2)cc1. The van der Waals surface area contributed by atoms with Gasteiger partial charge in [-0.3, -0.25) is 10.1 Å². The Morgan fingerprint density at radius 1 is 1.09 bits per heavy atom. The minimum Gasteiger partial charge on any atom is -0.493 e. The predicted octanol–water partition coefficient (Wildman–Crippen LogP) is 4.02. The lowest BCUT2D eigenvalue weighted by Crippen LogP contribution is -2.11. The highest BCUT2D eigenvalue weighted by atomic mass is 32.1. The average molecular weight is 324 g/mol. The summed E-state index contributed by atoms with van der Waals surface area (Å²) in [4.78, 5) is 16.1. The van der Waals surface area contributed by atoms with Crippen molar-refractivity contribution in [3.63, 3.8) is 0 Å². The van der Waals surface area contributed by atoms with Gasteiger partial charge in [0.25, 0.3) is 5.91 Å². The van der Waals surface area contributed by atoms with Crippen LogP contribution >= 0.6 is 11.3 Å².